The minimum atomic E-state index is -0.488. The number of rotatable bonds is 7. The van der Waals surface area contributed by atoms with Crippen LogP contribution in [0.2, 0.25) is 0 Å². The van der Waals surface area contributed by atoms with Crippen LogP contribution in [0.5, 0.6) is 11.5 Å². The number of methoxy groups -OCH3 is 2. The Morgan fingerprint density at radius 2 is 1.71 bits per heavy atom. The second kappa shape index (κ2) is 10.4. The van der Waals surface area contributed by atoms with Crippen molar-refractivity contribution in [3.05, 3.63) is 87.9 Å². The van der Waals surface area contributed by atoms with Crippen molar-refractivity contribution < 1.29 is 14.3 Å². The summed E-state index contributed by atoms with van der Waals surface area (Å²) in [6, 6.07) is 21.3. The molecular formula is C28H29BrN2O3. The fourth-order valence-electron chi connectivity index (χ4n) is 4.26. The van der Waals surface area contributed by atoms with Crippen LogP contribution in [0, 0.1) is 5.92 Å². The Morgan fingerprint density at radius 3 is 2.38 bits per heavy atom. The first-order valence-electron chi connectivity index (χ1n) is 11.4. The summed E-state index contributed by atoms with van der Waals surface area (Å²) in [7, 11) is 3.24. The van der Waals surface area contributed by atoms with Gasteiger partial charge in [0.15, 0.2) is 11.5 Å². The van der Waals surface area contributed by atoms with Crippen LogP contribution in [0.4, 0.5) is 5.69 Å². The molecule has 0 bridgehead atoms. The molecule has 3 aromatic carbocycles. The van der Waals surface area contributed by atoms with Gasteiger partial charge in [-0.15, -0.1) is 0 Å². The molecule has 6 heteroatoms. The number of benzodiazepines with no additional fused rings is 1. The average Bonchev–Trinajstić information content (AvgIpc) is 2.94. The van der Waals surface area contributed by atoms with Crippen LogP contribution in [0.3, 0.4) is 0 Å². The molecule has 0 fully saturated rings. The Balaban J connectivity index is 1.91. The largest absolute Gasteiger partial charge is 0.493 e. The van der Waals surface area contributed by atoms with E-state index in [-0.39, 0.29) is 5.91 Å². The first-order valence-corrected chi connectivity index (χ1v) is 12.2. The van der Waals surface area contributed by atoms with Gasteiger partial charge >= 0.3 is 0 Å². The third-order valence-corrected chi connectivity index (χ3v) is 6.37. The lowest BCUT2D eigenvalue weighted by Gasteiger charge is -2.26. The Labute approximate surface area is 209 Å². The van der Waals surface area contributed by atoms with E-state index < -0.39 is 6.04 Å². The maximum Gasteiger partial charge on any atom is 0.252 e. The van der Waals surface area contributed by atoms with Gasteiger partial charge in [0, 0.05) is 15.6 Å². The number of halogens is 1. The number of benzene rings is 3. The number of anilines is 1. The highest BCUT2D eigenvalue weighted by Gasteiger charge is 2.33. The maximum atomic E-state index is 13.9. The van der Waals surface area contributed by atoms with E-state index in [0.717, 1.165) is 32.6 Å². The maximum absolute atomic E-state index is 13.9. The SMILES string of the molecule is COc1ccc(C2=N[C@@H](CC(C)C)C(=O)N(Cc3ccccc3)c3ccc(Br)cc32)cc1OC. The van der Waals surface area contributed by atoms with Crippen LogP contribution in [0.1, 0.15) is 37.0 Å². The van der Waals surface area contributed by atoms with E-state index in [0.29, 0.717) is 30.4 Å². The first-order chi connectivity index (χ1) is 16.4. The lowest BCUT2D eigenvalue weighted by molar-refractivity contribution is -0.120. The third-order valence-electron chi connectivity index (χ3n) is 5.88. The second-order valence-corrected chi connectivity index (χ2v) is 9.68. The molecule has 0 radical (unpaired) electrons. The minimum absolute atomic E-state index is 0.0107. The predicted molar refractivity (Wildman–Crippen MR) is 140 cm³/mol. The Hall–Kier alpha value is -3.12. The van der Waals surface area contributed by atoms with Gasteiger partial charge in [-0.25, -0.2) is 0 Å². The molecule has 0 saturated heterocycles. The van der Waals surface area contributed by atoms with Crippen LogP contribution in [-0.2, 0) is 11.3 Å². The van der Waals surface area contributed by atoms with Crippen LogP contribution in [0.15, 0.2) is 76.2 Å². The van der Waals surface area contributed by atoms with E-state index in [4.69, 9.17) is 14.5 Å². The summed E-state index contributed by atoms with van der Waals surface area (Å²) < 4.78 is 11.9. The quantitative estimate of drug-likeness (QED) is 0.369. The molecule has 0 aliphatic carbocycles. The number of nitrogens with zero attached hydrogens (tertiary/aromatic N) is 2. The van der Waals surface area contributed by atoms with E-state index in [1.165, 1.54) is 0 Å². The molecule has 0 spiro atoms. The van der Waals surface area contributed by atoms with Crippen molar-refractivity contribution >= 4 is 33.2 Å². The molecule has 176 valence electrons. The summed E-state index contributed by atoms with van der Waals surface area (Å²) in [4.78, 5) is 20.9. The van der Waals surface area contributed by atoms with E-state index >= 15 is 0 Å². The molecule has 1 amide bonds. The zero-order chi connectivity index (χ0) is 24.2. The number of carbonyl (C=O) groups excluding carboxylic acids is 1. The summed E-state index contributed by atoms with van der Waals surface area (Å²) in [5, 5.41) is 0. The van der Waals surface area contributed by atoms with Crippen molar-refractivity contribution in [1.82, 2.24) is 0 Å². The topological polar surface area (TPSA) is 51.1 Å². The van der Waals surface area contributed by atoms with Gasteiger partial charge in [-0.2, -0.15) is 0 Å². The highest BCUT2D eigenvalue weighted by molar-refractivity contribution is 9.10. The molecule has 0 N–H and O–H groups in total. The zero-order valence-electron chi connectivity index (χ0n) is 19.9. The van der Waals surface area contributed by atoms with Gasteiger partial charge < -0.3 is 14.4 Å². The van der Waals surface area contributed by atoms with E-state index in [1.807, 2.05) is 71.6 Å². The third kappa shape index (κ3) is 5.02. The molecule has 1 aliphatic heterocycles. The normalized spacial score (nSPS) is 15.6. The number of hydrogen-bond acceptors (Lipinski definition) is 4. The van der Waals surface area contributed by atoms with E-state index in [1.54, 1.807) is 14.2 Å². The molecule has 1 atom stereocenters. The summed E-state index contributed by atoms with van der Waals surface area (Å²) in [5.74, 6) is 1.60. The summed E-state index contributed by atoms with van der Waals surface area (Å²) in [6.07, 6.45) is 0.663. The van der Waals surface area contributed by atoms with E-state index in [2.05, 4.69) is 29.8 Å². The van der Waals surface area contributed by atoms with Gasteiger partial charge in [-0.1, -0.05) is 60.1 Å². The number of carbonyl (C=O) groups is 1. The van der Waals surface area contributed by atoms with Gasteiger partial charge in [0.25, 0.3) is 5.91 Å². The Morgan fingerprint density at radius 1 is 0.971 bits per heavy atom. The fourth-order valence-corrected chi connectivity index (χ4v) is 4.62. The molecule has 1 heterocycles. The van der Waals surface area contributed by atoms with Gasteiger partial charge in [-0.3, -0.25) is 9.79 Å². The number of fused-ring (bicyclic) bond motifs is 1. The van der Waals surface area contributed by atoms with Crippen LogP contribution in [0.25, 0.3) is 0 Å². The highest BCUT2D eigenvalue weighted by atomic mass is 79.9. The molecule has 0 saturated carbocycles. The molecule has 4 rings (SSSR count). The molecule has 5 nitrogen and oxygen atoms in total. The Bertz CT molecular complexity index is 1210. The average molecular weight is 521 g/mol. The summed E-state index contributed by atoms with van der Waals surface area (Å²) in [5.41, 5.74) is 4.46. The van der Waals surface area contributed by atoms with E-state index in [9.17, 15) is 4.79 Å². The monoisotopic (exact) mass is 520 g/mol. The lowest BCUT2D eigenvalue weighted by atomic mass is 9.99. The number of aliphatic imine (C=N–C) groups is 1. The molecule has 0 aromatic heterocycles. The number of amides is 1. The van der Waals surface area contributed by atoms with Crippen molar-refractivity contribution in [2.24, 2.45) is 10.9 Å². The first kappa shape index (κ1) is 24.0. The molecule has 1 aliphatic rings. The van der Waals surface area contributed by atoms with Crippen molar-refractivity contribution in [2.45, 2.75) is 32.9 Å². The van der Waals surface area contributed by atoms with Gasteiger partial charge in [0.1, 0.15) is 6.04 Å². The highest BCUT2D eigenvalue weighted by Crippen LogP contribution is 2.35. The predicted octanol–water partition coefficient (Wildman–Crippen LogP) is 6.27. The lowest BCUT2D eigenvalue weighted by Crippen LogP contribution is -2.38. The Kier molecular flexibility index (Phi) is 7.37. The minimum Gasteiger partial charge on any atom is -0.493 e. The van der Waals surface area contributed by atoms with Crippen molar-refractivity contribution in [2.75, 3.05) is 19.1 Å². The van der Waals surface area contributed by atoms with Gasteiger partial charge in [0.05, 0.1) is 32.2 Å². The fraction of sp³-hybridized carbons (Fsp3) is 0.286. The molecule has 0 unspecified atom stereocenters. The smallest absolute Gasteiger partial charge is 0.252 e. The van der Waals surface area contributed by atoms with Crippen LogP contribution >= 0.6 is 15.9 Å². The molecule has 3 aromatic rings. The molecular weight excluding hydrogens is 492 g/mol. The van der Waals surface area contributed by atoms with Crippen LogP contribution < -0.4 is 14.4 Å². The zero-order valence-corrected chi connectivity index (χ0v) is 21.5. The standard InChI is InChI=1S/C28H29BrN2O3/c1-18(2)14-23-28(32)31(17-19-8-6-5-7-9-19)24-12-11-21(29)16-22(24)27(30-23)20-10-13-25(33-3)26(15-20)34-4/h5-13,15-16,18,23H,14,17H2,1-4H3/t23-/m0/s1. The number of hydrogen-bond donors (Lipinski definition) is 0. The van der Waals surface area contributed by atoms with Crippen molar-refractivity contribution in [3.63, 3.8) is 0 Å². The summed E-state index contributed by atoms with van der Waals surface area (Å²) >= 11 is 3.62. The van der Waals surface area contributed by atoms with Crippen LogP contribution in [-0.4, -0.2) is 31.9 Å². The van der Waals surface area contributed by atoms with Gasteiger partial charge in [0.2, 0.25) is 0 Å². The summed E-state index contributed by atoms with van der Waals surface area (Å²) in [6.45, 7) is 4.72. The van der Waals surface area contributed by atoms with Crippen molar-refractivity contribution in [3.8, 4) is 11.5 Å². The van der Waals surface area contributed by atoms with Gasteiger partial charge in [-0.05, 0) is 54.3 Å². The number of ether oxygens (including phenoxy) is 2. The second-order valence-electron chi connectivity index (χ2n) is 8.76. The molecule has 34 heavy (non-hydrogen) atoms. The van der Waals surface area contributed by atoms with Crippen molar-refractivity contribution in [1.29, 1.82) is 0 Å².